The first kappa shape index (κ1) is 21.9. The van der Waals surface area contributed by atoms with Crippen molar-refractivity contribution in [3.05, 3.63) is 60.2 Å². The number of hydrogen-bond acceptors (Lipinski definition) is 0. The summed E-state index contributed by atoms with van der Waals surface area (Å²) in [4.78, 5) is 0. The van der Waals surface area contributed by atoms with Crippen molar-refractivity contribution in [1.82, 2.24) is 0 Å². The summed E-state index contributed by atoms with van der Waals surface area (Å²) in [5.74, 6) is 4.19. The zero-order chi connectivity index (χ0) is 20.8. The van der Waals surface area contributed by atoms with Crippen LogP contribution < -0.4 is 0 Å². The summed E-state index contributed by atoms with van der Waals surface area (Å²) in [7, 11) is 0. The summed E-state index contributed by atoms with van der Waals surface area (Å²) in [5, 5.41) is 0. The maximum absolute atomic E-state index is 2.71. The fourth-order valence-corrected chi connectivity index (χ4v) is 7.15. The van der Waals surface area contributed by atoms with Crippen LogP contribution in [0, 0.1) is 29.1 Å². The highest BCUT2D eigenvalue weighted by Crippen LogP contribution is 2.54. The Bertz CT molecular complexity index is 638. The van der Waals surface area contributed by atoms with Gasteiger partial charge in [0.05, 0.1) is 0 Å². The fraction of sp³-hybridized carbons (Fsp3) is 0.667. The molecule has 0 aliphatic heterocycles. The van der Waals surface area contributed by atoms with Crippen molar-refractivity contribution in [3.8, 4) is 0 Å². The molecule has 0 radical (unpaired) electrons. The van der Waals surface area contributed by atoms with E-state index in [0.717, 1.165) is 23.7 Å². The monoisotopic (exact) mass is 404 g/mol. The highest BCUT2D eigenvalue weighted by molar-refractivity contribution is 5.35. The Morgan fingerprint density at radius 1 is 0.667 bits per heavy atom. The second-order valence-electron chi connectivity index (χ2n) is 10.7. The Kier molecular flexibility index (Phi) is 7.55. The summed E-state index contributed by atoms with van der Waals surface area (Å²) in [6, 6.07) is 11.1. The second-order valence-corrected chi connectivity index (χ2v) is 10.7. The smallest absolute Gasteiger partial charge is 0.0199 e. The Labute approximate surface area is 186 Å². The van der Waals surface area contributed by atoms with E-state index in [-0.39, 0.29) is 0 Å². The number of benzene rings is 1. The molecule has 0 atom stereocenters. The SMILES string of the molecule is CCCC1CCC(C2(C3CCC(CCC)CC3)C=CC(c3ccccc3)C=C2)CC1. The Morgan fingerprint density at radius 3 is 1.57 bits per heavy atom. The van der Waals surface area contributed by atoms with Gasteiger partial charge >= 0.3 is 0 Å². The minimum absolute atomic E-state index is 0.333. The van der Waals surface area contributed by atoms with Crippen LogP contribution in [0.15, 0.2) is 54.6 Å². The standard InChI is InChI=1S/C30H44/c1-3-8-24-12-16-28(17-13-24)30(29-18-14-25(9-4-2)15-19-29)22-20-27(21-23-30)26-10-6-5-7-11-26/h5-7,10-11,20-25,27-29H,3-4,8-9,12-19H2,1-2H3. The van der Waals surface area contributed by atoms with Crippen LogP contribution in [0.3, 0.4) is 0 Å². The highest BCUT2D eigenvalue weighted by atomic mass is 14.5. The zero-order valence-corrected chi connectivity index (χ0v) is 19.6. The molecule has 2 saturated carbocycles. The molecule has 4 rings (SSSR count). The second kappa shape index (κ2) is 10.3. The van der Waals surface area contributed by atoms with Crippen LogP contribution >= 0.6 is 0 Å². The van der Waals surface area contributed by atoms with Crippen molar-refractivity contribution in [3.63, 3.8) is 0 Å². The van der Waals surface area contributed by atoms with Crippen molar-refractivity contribution in [2.75, 3.05) is 0 Å². The minimum Gasteiger partial charge on any atom is -0.0771 e. The van der Waals surface area contributed by atoms with Gasteiger partial charge in [-0.15, -0.1) is 0 Å². The third-order valence-electron chi connectivity index (χ3n) is 8.87. The zero-order valence-electron chi connectivity index (χ0n) is 19.6. The first-order chi connectivity index (χ1) is 14.7. The Balaban J connectivity index is 1.52. The third-order valence-corrected chi connectivity index (χ3v) is 8.87. The van der Waals surface area contributed by atoms with E-state index in [2.05, 4.69) is 68.5 Å². The van der Waals surface area contributed by atoms with E-state index in [1.54, 1.807) is 0 Å². The molecule has 0 N–H and O–H groups in total. The van der Waals surface area contributed by atoms with E-state index in [0.29, 0.717) is 11.3 Å². The molecule has 3 aliphatic carbocycles. The maximum atomic E-state index is 2.71. The lowest BCUT2D eigenvalue weighted by Gasteiger charge is -2.49. The van der Waals surface area contributed by atoms with Gasteiger partial charge in [0.2, 0.25) is 0 Å². The molecule has 3 aliphatic rings. The van der Waals surface area contributed by atoms with Crippen LogP contribution in [0.25, 0.3) is 0 Å². The molecule has 30 heavy (non-hydrogen) atoms. The van der Waals surface area contributed by atoms with E-state index < -0.39 is 0 Å². The molecule has 0 bridgehead atoms. The van der Waals surface area contributed by atoms with Crippen LogP contribution in [-0.2, 0) is 0 Å². The lowest BCUT2D eigenvalue weighted by molar-refractivity contribution is 0.0827. The van der Waals surface area contributed by atoms with Crippen LogP contribution in [0.5, 0.6) is 0 Å². The molecule has 0 heteroatoms. The first-order valence-electron chi connectivity index (χ1n) is 13.2. The van der Waals surface area contributed by atoms with E-state index in [4.69, 9.17) is 0 Å². The quantitative estimate of drug-likeness (QED) is 0.397. The summed E-state index contributed by atoms with van der Waals surface area (Å²) in [5.41, 5.74) is 1.77. The molecule has 0 saturated heterocycles. The van der Waals surface area contributed by atoms with E-state index >= 15 is 0 Å². The molecule has 2 fully saturated rings. The third kappa shape index (κ3) is 4.79. The predicted octanol–water partition coefficient (Wildman–Crippen LogP) is 9.10. The van der Waals surface area contributed by atoms with E-state index in [1.165, 1.54) is 82.6 Å². The molecule has 1 aromatic rings. The van der Waals surface area contributed by atoms with E-state index in [9.17, 15) is 0 Å². The van der Waals surface area contributed by atoms with Crippen LogP contribution in [0.4, 0.5) is 0 Å². The molecule has 0 unspecified atom stereocenters. The Morgan fingerprint density at radius 2 is 1.13 bits per heavy atom. The van der Waals surface area contributed by atoms with Gasteiger partial charge in [0.25, 0.3) is 0 Å². The molecule has 0 amide bonds. The van der Waals surface area contributed by atoms with Gasteiger partial charge in [-0.3, -0.25) is 0 Å². The van der Waals surface area contributed by atoms with Gasteiger partial charge in [-0.2, -0.15) is 0 Å². The van der Waals surface area contributed by atoms with Crippen molar-refractivity contribution in [2.45, 2.75) is 96.8 Å². The molecule has 0 nitrogen and oxygen atoms in total. The van der Waals surface area contributed by atoms with Crippen molar-refractivity contribution >= 4 is 0 Å². The molecule has 0 heterocycles. The van der Waals surface area contributed by atoms with Gasteiger partial charge in [-0.05, 0) is 54.9 Å². The lowest BCUT2D eigenvalue weighted by Crippen LogP contribution is -2.40. The topological polar surface area (TPSA) is 0 Å². The molecule has 0 spiro atoms. The van der Waals surface area contributed by atoms with Crippen molar-refractivity contribution < 1.29 is 0 Å². The van der Waals surface area contributed by atoms with Gasteiger partial charge in [-0.1, -0.05) is 120 Å². The minimum atomic E-state index is 0.333. The molecule has 164 valence electrons. The molecular formula is C30H44. The van der Waals surface area contributed by atoms with Crippen LogP contribution in [0.2, 0.25) is 0 Å². The summed E-state index contributed by atoms with van der Waals surface area (Å²) in [6.45, 7) is 4.72. The molecular weight excluding hydrogens is 360 g/mol. The molecule has 1 aromatic carbocycles. The van der Waals surface area contributed by atoms with Crippen molar-refractivity contribution in [2.24, 2.45) is 29.1 Å². The van der Waals surface area contributed by atoms with Gasteiger partial charge < -0.3 is 0 Å². The largest absolute Gasteiger partial charge is 0.0771 e. The average molecular weight is 405 g/mol. The fourth-order valence-electron chi connectivity index (χ4n) is 7.15. The van der Waals surface area contributed by atoms with Gasteiger partial charge in [0.15, 0.2) is 0 Å². The van der Waals surface area contributed by atoms with Gasteiger partial charge in [0, 0.05) is 11.3 Å². The summed E-state index contributed by atoms with van der Waals surface area (Å²) < 4.78 is 0. The lowest BCUT2D eigenvalue weighted by atomic mass is 9.55. The normalized spacial score (nSPS) is 36.7. The van der Waals surface area contributed by atoms with Crippen LogP contribution in [0.1, 0.15) is 102 Å². The number of rotatable bonds is 7. The van der Waals surface area contributed by atoms with Gasteiger partial charge in [-0.25, -0.2) is 0 Å². The average Bonchev–Trinajstić information content (AvgIpc) is 2.81. The molecule has 0 aromatic heterocycles. The summed E-state index contributed by atoms with van der Waals surface area (Å²) in [6.07, 6.45) is 27.8. The van der Waals surface area contributed by atoms with Gasteiger partial charge in [0.1, 0.15) is 0 Å². The number of allylic oxidation sites excluding steroid dienone is 4. The van der Waals surface area contributed by atoms with E-state index in [1.807, 2.05) is 0 Å². The maximum Gasteiger partial charge on any atom is 0.0199 e. The Hall–Kier alpha value is -1.30. The predicted molar refractivity (Wildman–Crippen MR) is 131 cm³/mol. The highest BCUT2D eigenvalue weighted by Gasteiger charge is 2.44. The van der Waals surface area contributed by atoms with Crippen molar-refractivity contribution in [1.29, 1.82) is 0 Å². The number of hydrogen-bond donors (Lipinski definition) is 0. The van der Waals surface area contributed by atoms with Crippen LogP contribution in [-0.4, -0.2) is 0 Å². The summed E-state index contributed by atoms with van der Waals surface area (Å²) >= 11 is 0. The first-order valence-corrected chi connectivity index (χ1v) is 13.2.